The molecule has 3 nitrogen and oxygen atoms in total. The lowest BCUT2D eigenvalue weighted by Crippen LogP contribution is -2.24. The number of nitrogens with two attached hydrogens (primary N) is 1. The summed E-state index contributed by atoms with van der Waals surface area (Å²) < 4.78 is 14.8. The van der Waals surface area contributed by atoms with Gasteiger partial charge in [-0.1, -0.05) is 34.1 Å². The first kappa shape index (κ1) is 14.5. The van der Waals surface area contributed by atoms with Crippen molar-refractivity contribution in [1.82, 2.24) is 5.32 Å². The van der Waals surface area contributed by atoms with Gasteiger partial charge in [0.15, 0.2) is 0 Å². The summed E-state index contributed by atoms with van der Waals surface area (Å²) >= 11 is 3.39. The van der Waals surface area contributed by atoms with Gasteiger partial charge in [-0.05, 0) is 36.2 Å². The molecule has 0 bridgehead atoms. The first-order valence-corrected chi connectivity index (χ1v) is 6.85. The van der Waals surface area contributed by atoms with Crippen molar-refractivity contribution in [3.05, 3.63) is 63.4 Å². The van der Waals surface area contributed by atoms with E-state index < -0.39 is 11.7 Å². The normalized spacial score (nSPS) is 10.3. The minimum Gasteiger partial charge on any atom is -0.399 e. The van der Waals surface area contributed by atoms with Gasteiger partial charge in [-0.25, -0.2) is 4.39 Å². The van der Waals surface area contributed by atoms with Gasteiger partial charge < -0.3 is 11.1 Å². The second-order valence-corrected chi connectivity index (χ2v) is 5.33. The van der Waals surface area contributed by atoms with Gasteiger partial charge in [0.2, 0.25) is 0 Å². The van der Waals surface area contributed by atoms with E-state index in [2.05, 4.69) is 21.2 Å². The van der Waals surface area contributed by atoms with Gasteiger partial charge in [0.1, 0.15) is 5.82 Å². The number of nitrogens with one attached hydrogen (secondary N) is 1. The van der Waals surface area contributed by atoms with Gasteiger partial charge in [0.25, 0.3) is 5.91 Å². The number of nitrogen functional groups attached to an aromatic ring is 1. The van der Waals surface area contributed by atoms with Gasteiger partial charge in [0.05, 0.1) is 5.56 Å². The quantitative estimate of drug-likeness (QED) is 0.844. The van der Waals surface area contributed by atoms with E-state index in [1.165, 1.54) is 12.1 Å². The van der Waals surface area contributed by atoms with Crippen LogP contribution in [0.3, 0.4) is 0 Å². The van der Waals surface area contributed by atoms with Crippen molar-refractivity contribution in [2.75, 3.05) is 5.73 Å². The summed E-state index contributed by atoms with van der Waals surface area (Å²) in [6.45, 7) is 1.89. The van der Waals surface area contributed by atoms with E-state index in [9.17, 15) is 9.18 Å². The van der Waals surface area contributed by atoms with Crippen molar-refractivity contribution >= 4 is 27.5 Å². The van der Waals surface area contributed by atoms with Crippen LogP contribution in [-0.2, 0) is 6.54 Å². The predicted molar refractivity (Wildman–Crippen MR) is 80.9 cm³/mol. The summed E-state index contributed by atoms with van der Waals surface area (Å²) in [4.78, 5) is 12.0. The second-order valence-electron chi connectivity index (χ2n) is 4.47. The third-order valence-electron chi connectivity index (χ3n) is 2.92. The van der Waals surface area contributed by atoms with Crippen molar-refractivity contribution in [2.45, 2.75) is 13.5 Å². The molecule has 5 heteroatoms. The van der Waals surface area contributed by atoms with E-state index >= 15 is 0 Å². The zero-order valence-electron chi connectivity index (χ0n) is 10.9. The van der Waals surface area contributed by atoms with Crippen molar-refractivity contribution in [3.8, 4) is 0 Å². The monoisotopic (exact) mass is 336 g/mol. The molecule has 104 valence electrons. The van der Waals surface area contributed by atoms with Crippen molar-refractivity contribution in [1.29, 1.82) is 0 Å². The topological polar surface area (TPSA) is 55.1 Å². The Morgan fingerprint density at radius 3 is 2.75 bits per heavy atom. The maximum absolute atomic E-state index is 13.9. The lowest BCUT2D eigenvalue weighted by atomic mass is 10.1. The molecule has 2 rings (SSSR count). The molecule has 0 unspecified atom stereocenters. The maximum Gasteiger partial charge on any atom is 0.254 e. The minimum atomic E-state index is -0.538. The molecule has 0 aromatic heterocycles. The van der Waals surface area contributed by atoms with Crippen LogP contribution in [0.2, 0.25) is 0 Å². The van der Waals surface area contributed by atoms with E-state index in [1.807, 2.05) is 24.3 Å². The second kappa shape index (κ2) is 6.05. The van der Waals surface area contributed by atoms with Gasteiger partial charge >= 0.3 is 0 Å². The molecule has 0 spiro atoms. The Balaban J connectivity index is 2.15. The number of hydrogen-bond donors (Lipinski definition) is 2. The first-order chi connectivity index (χ1) is 9.49. The summed E-state index contributed by atoms with van der Waals surface area (Å²) in [6, 6.07) is 10.4. The Morgan fingerprint density at radius 2 is 2.05 bits per heavy atom. The van der Waals surface area contributed by atoms with Crippen LogP contribution in [0.4, 0.5) is 10.1 Å². The number of benzene rings is 2. The standard InChI is InChI=1S/C15H14BrFN2O/c1-9-6-11(18)7-12(14(9)17)15(20)19-8-10-4-2-3-5-13(10)16/h2-7H,8,18H2,1H3,(H,19,20). The number of hydrogen-bond acceptors (Lipinski definition) is 2. The molecule has 0 radical (unpaired) electrons. The Kier molecular flexibility index (Phi) is 4.39. The summed E-state index contributed by atoms with van der Waals surface area (Å²) in [5.41, 5.74) is 7.26. The third kappa shape index (κ3) is 3.17. The Hall–Kier alpha value is -1.88. The SMILES string of the molecule is Cc1cc(N)cc(C(=O)NCc2ccccc2Br)c1F. The van der Waals surface area contributed by atoms with Crippen LogP contribution in [0.1, 0.15) is 21.5 Å². The molecular weight excluding hydrogens is 323 g/mol. The molecule has 0 heterocycles. The lowest BCUT2D eigenvalue weighted by Gasteiger charge is -2.09. The molecule has 2 aromatic carbocycles. The van der Waals surface area contributed by atoms with E-state index in [1.54, 1.807) is 6.92 Å². The summed E-state index contributed by atoms with van der Waals surface area (Å²) in [5, 5.41) is 2.69. The van der Waals surface area contributed by atoms with E-state index in [-0.39, 0.29) is 5.56 Å². The van der Waals surface area contributed by atoms with E-state index in [4.69, 9.17) is 5.73 Å². The fraction of sp³-hybridized carbons (Fsp3) is 0.133. The molecule has 3 N–H and O–H groups in total. The Bertz CT molecular complexity index is 658. The van der Waals surface area contributed by atoms with Crippen LogP contribution in [0.5, 0.6) is 0 Å². The highest BCUT2D eigenvalue weighted by Gasteiger charge is 2.14. The van der Waals surface area contributed by atoms with Crippen LogP contribution < -0.4 is 11.1 Å². The first-order valence-electron chi connectivity index (χ1n) is 6.06. The van der Waals surface area contributed by atoms with Crippen LogP contribution in [0, 0.1) is 12.7 Å². The Labute approximate surface area is 125 Å². The molecule has 1 amide bonds. The van der Waals surface area contributed by atoms with Crippen molar-refractivity contribution in [3.63, 3.8) is 0 Å². The fourth-order valence-corrected chi connectivity index (χ4v) is 2.30. The number of rotatable bonds is 3. The maximum atomic E-state index is 13.9. The van der Waals surface area contributed by atoms with Gasteiger partial charge in [0, 0.05) is 16.7 Å². The summed E-state index contributed by atoms with van der Waals surface area (Å²) in [5.74, 6) is -1.02. The highest BCUT2D eigenvalue weighted by Crippen LogP contribution is 2.18. The molecular formula is C15H14BrFN2O. The molecule has 0 saturated heterocycles. The van der Waals surface area contributed by atoms with E-state index in [0.29, 0.717) is 17.8 Å². The van der Waals surface area contributed by atoms with Gasteiger partial charge in [-0.2, -0.15) is 0 Å². The number of anilines is 1. The number of amides is 1. The van der Waals surface area contributed by atoms with E-state index in [0.717, 1.165) is 10.0 Å². The Morgan fingerprint density at radius 1 is 1.35 bits per heavy atom. The van der Waals surface area contributed by atoms with Crippen LogP contribution in [0.25, 0.3) is 0 Å². The number of aryl methyl sites for hydroxylation is 1. The number of carbonyl (C=O) groups is 1. The number of halogens is 2. The molecule has 0 saturated carbocycles. The highest BCUT2D eigenvalue weighted by molar-refractivity contribution is 9.10. The average molecular weight is 337 g/mol. The fourth-order valence-electron chi connectivity index (χ4n) is 1.88. The molecule has 0 fully saturated rings. The van der Waals surface area contributed by atoms with Crippen molar-refractivity contribution < 1.29 is 9.18 Å². The van der Waals surface area contributed by atoms with Crippen LogP contribution in [0.15, 0.2) is 40.9 Å². The summed E-state index contributed by atoms with van der Waals surface area (Å²) in [6.07, 6.45) is 0. The van der Waals surface area contributed by atoms with Gasteiger partial charge in [-0.15, -0.1) is 0 Å². The zero-order valence-corrected chi connectivity index (χ0v) is 12.5. The zero-order chi connectivity index (χ0) is 14.7. The average Bonchev–Trinajstić information content (AvgIpc) is 2.41. The smallest absolute Gasteiger partial charge is 0.254 e. The lowest BCUT2D eigenvalue weighted by molar-refractivity contribution is 0.0946. The van der Waals surface area contributed by atoms with Crippen molar-refractivity contribution in [2.24, 2.45) is 0 Å². The molecule has 0 aliphatic rings. The summed E-state index contributed by atoms with van der Waals surface area (Å²) in [7, 11) is 0. The third-order valence-corrected chi connectivity index (χ3v) is 3.69. The molecule has 0 aliphatic carbocycles. The van der Waals surface area contributed by atoms with Crippen LogP contribution in [-0.4, -0.2) is 5.91 Å². The minimum absolute atomic E-state index is 0.0328. The highest BCUT2D eigenvalue weighted by atomic mass is 79.9. The molecule has 20 heavy (non-hydrogen) atoms. The number of carbonyl (C=O) groups excluding carboxylic acids is 1. The molecule has 2 aromatic rings. The predicted octanol–water partition coefficient (Wildman–Crippen LogP) is 3.41. The molecule has 0 aliphatic heterocycles. The van der Waals surface area contributed by atoms with Crippen LogP contribution >= 0.6 is 15.9 Å². The molecule has 0 atom stereocenters. The largest absolute Gasteiger partial charge is 0.399 e. The van der Waals surface area contributed by atoms with Gasteiger partial charge in [-0.3, -0.25) is 4.79 Å².